The van der Waals surface area contributed by atoms with Gasteiger partial charge in [-0.2, -0.15) is 0 Å². The highest BCUT2D eigenvalue weighted by molar-refractivity contribution is 6.07. The van der Waals surface area contributed by atoms with Crippen LogP contribution in [0.1, 0.15) is 27.0 Å². The van der Waals surface area contributed by atoms with Crippen LogP contribution in [-0.2, 0) is 0 Å². The number of hydrogen-bond donors (Lipinski definition) is 1. The van der Waals surface area contributed by atoms with E-state index < -0.39 is 10.8 Å². The number of nitrogens with one attached hydrogen (secondary N) is 1. The van der Waals surface area contributed by atoms with Crippen LogP contribution in [0.25, 0.3) is 0 Å². The molecule has 0 radical (unpaired) electrons. The van der Waals surface area contributed by atoms with E-state index in [0.717, 1.165) is 11.1 Å². The summed E-state index contributed by atoms with van der Waals surface area (Å²) in [7, 11) is 0. The fraction of sp³-hybridized carbons (Fsp3) is 0.188. The van der Waals surface area contributed by atoms with Crippen LogP contribution in [0.4, 0.5) is 11.4 Å². The third-order valence-electron chi connectivity index (χ3n) is 3.14. The molecule has 0 aliphatic rings. The molecule has 0 atom stereocenters. The third kappa shape index (κ3) is 3.25. The number of amides is 1. The number of hydrogen-bond acceptors (Lipinski definition) is 3. The number of carbonyl (C=O) groups is 1. The lowest BCUT2D eigenvalue weighted by Crippen LogP contribution is -2.14. The summed E-state index contributed by atoms with van der Waals surface area (Å²) in [5, 5.41) is 13.9. The summed E-state index contributed by atoms with van der Waals surface area (Å²) in [6.45, 7) is 5.47. The molecule has 0 bridgehead atoms. The molecule has 0 saturated carbocycles. The summed E-state index contributed by atoms with van der Waals surface area (Å²) in [4.78, 5) is 22.9. The van der Waals surface area contributed by atoms with Gasteiger partial charge in [0.15, 0.2) is 0 Å². The summed E-state index contributed by atoms with van der Waals surface area (Å²) in [6, 6.07) is 10.4. The van der Waals surface area contributed by atoms with Gasteiger partial charge in [0.05, 0.1) is 4.92 Å². The Morgan fingerprint density at radius 1 is 1.10 bits per heavy atom. The average Bonchev–Trinajstić information content (AvgIpc) is 2.36. The predicted molar refractivity (Wildman–Crippen MR) is 81.7 cm³/mol. The smallest absolute Gasteiger partial charge is 0.285 e. The summed E-state index contributed by atoms with van der Waals surface area (Å²) < 4.78 is 0. The minimum absolute atomic E-state index is 0.0687. The number of rotatable bonds is 3. The number of anilines is 1. The highest BCUT2D eigenvalue weighted by Gasteiger charge is 2.22. The Bertz CT molecular complexity index is 703. The molecule has 0 unspecified atom stereocenters. The van der Waals surface area contributed by atoms with E-state index in [4.69, 9.17) is 0 Å². The van der Waals surface area contributed by atoms with Gasteiger partial charge in [0.1, 0.15) is 5.56 Å². The Morgan fingerprint density at radius 2 is 1.71 bits per heavy atom. The molecule has 2 rings (SSSR count). The second kappa shape index (κ2) is 5.75. The van der Waals surface area contributed by atoms with Crippen LogP contribution >= 0.6 is 0 Å². The Kier molecular flexibility index (Phi) is 4.03. The molecule has 0 saturated heterocycles. The standard InChI is InChI=1S/C16H16N2O3/c1-10-7-11(2)9-13(8-10)17-16(19)14-6-4-5-12(3)15(14)18(20)21/h4-9H,1-3H3,(H,17,19). The van der Waals surface area contributed by atoms with E-state index in [0.29, 0.717) is 11.3 Å². The molecule has 2 aromatic carbocycles. The Morgan fingerprint density at radius 3 is 2.29 bits per heavy atom. The van der Waals surface area contributed by atoms with E-state index in [1.165, 1.54) is 6.07 Å². The van der Waals surface area contributed by atoms with Crippen LogP contribution in [0.5, 0.6) is 0 Å². The Balaban J connectivity index is 2.37. The van der Waals surface area contributed by atoms with E-state index in [9.17, 15) is 14.9 Å². The first-order chi connectivity index (χ1) is 9.88. The summed E-state index contributed by atoms with van der Waals surface area (Å²) in [5.74, 6) is -0.476. The number of para-hydroxylation sites is 1. The van der Waals surface area contributed by atoms with Crippen molar-refractivity contribution in [2.45, 2.75) is 20.8 Å². The van der Waals surface area contributed by atoms with Gasteiger partial charge in [-0.25, -0.2) is 0 Å². The van der Waals surface area contributed by atoms with Crippen LogP contribution in [0.2, 0.25) is 0 Å². The van der Waals surface area contributed by atoms with Crippen LogP contribution in [0.15, 0.2) is 36.4 Å². The molecular formula is C16H16N2O3. The van der Waals surface area contributed by atoms with Crippen molar-refractivity contribution < 1.29 is 9.72 Å². The minimum Gasteiger partial charge on any atom is -0.322 e. The van der Waals surface area contributed by atoms with E-state index >= 15 is 0 Å². The SMILES string of the molecule is Cc1cc(C)cc(NC(=O)c2cccc(C)c2[N+](=O)[O-])c1. The molecule has 1 amide bonds. The largest absolute Gasteiger partial charge is 0.322 e. The van der Waals surface area contributed by atoms with Crippen molar-refractivity contribution in [2.24, 2.45) is 0 Å². The third-order valence-corrected chi connectivity index (χ3v) is 3.14. The first-order valence-corrected chi connectivity index (χ1v) is 6.52. The molecule has 0 aliphatic carbocycles. The van der Waals surface area contributed by atoms with Crippen molar-refractivity contribution in [1.82, 2.24) is 0 Å². The van der Waals surface area contributed by atoms with Gasteiger partial charge in [-0.15, -0.1) is 0 Å². The molecular weight excluding hydrogens is 268 g/mol. The molecule has 0 heterocycles. The van der Waals surface area contributed by atoms with Crippen LogP contribution in [0.3, 0.4) is 0 Å². The van der Waals surface area contributed by atoms with Crippen LogP contribution in [0, 0.1) is 30.9 Å². The summed E-state index contributed by atoms with van der Waals surface area (Å²) >= 11 is 0. The topological polar surface area (TPSA) is 72.2 Å². The number of nitro benzene ring substituents is 1. The zero-order valence-electron chi connectivity index (χ0n) is 12.1. The Labute approximate surface area is 122 Å². The van der Waals surface area contributed by atoms with Gasteiger partial charge in [0.2, 0.25) is 0 Å². The van der Waals surface area contributed by atoms with Gasteiger partial charge < -0.3 is 5.32 Å². The minimum atomic E-state index is -0.522. The van der Waals surface area contributed by atoms with Crippen molar-refractivity contribution in [3.05, 3.63) is 68.8 Å². The molecule has 0 fully saturated rings. The van der Waals surface area contributed by atoms with E-state index in [1.54, 1.807) is 19.1 Å². The molecule has 0 aromatic heterocycles. The maximum atomic E-state index is 12.3. The van der Waals surface area contributed by atoms with Gasteiger partial charge in [0, 0.05) is 11.3 Å². The molecule has 21 heavy (non-hydrogen) atoms. The number of carbonyl (C=O) groups excluding carboxylic acids is 1. The van der Waals surface area contributed by atoms with Gasteiger partial charge in [0.25, 0.3) is 11.6 Å². The van der Waals surface area contributed by atoms with E-state index in [1.807, 2.05) is 32.0 Å². The molecule has 0 spiro atoms. The lowest BCUT2D eigenvalue weighted by Gasteiger charge is -2.09. The maximum absolute atomic E-state index is 12.3. The molecule has 5 nitrogen and oxygen atoms in total. The highest BCUT2D eigenvalue weighted by atomic mass is 16.6. The van der Waals surface area contributed by atoms with Crippen molar-refractivity contribution >= 4 is 17.3 Å². The van der Waals surface area contributed by atoms with Gasteiger partial charge in [-0.3, -0.25) is 14.9 Å². The molecule has 5 heteroatoms. The van der Waals surface area contributed by atoms with Crippen molar-refractivity contribution in [3.8, 4) is 0 Å². The number of nitro groups is 1. The highest BCUT2D eigenvalue weighted by Crippen LogP contribution is 2.24. The first kappa shape index (κ1) is 14.7. The number of aryl methyl sites for hydroxylation is 3. The lowest BCUT2D eigenvalue weighted by atomic mass is 10.1. The normalized spacial score (nSPS) is 10.2. The fourth-order valence-corrected chi connectivity index (χ4v) is 2.33. The Hall–Kier alpha value is -2.69. The van der Waals surface area contributed by atoms with Crippen LogP contribution < -0.4 is 5.32 Å². The molecule has 1 N–H and O–H groups in total. The second-order valence-electron chi connectivity index (χ2n) is 5.06. The molecule has 0 aliphatic heterocycles. The van der Waals surface area contributed by atoms with Gasteiger partial charge >= 0.3 is 0 Å². The lowest BCUT2D eigenvalue weighted by molar-refractivity contribution is -0.385. The first-order valence-electron chi connectivity index (χ1n) is 6.52. The van der Waals surface area contributed by atoms with Gasteiger partial charge in [-0.1, -0.05) is 18.2 Å². The zero-order valence-corrected chi connectivity index (χ0v) is 12.1. The van der Waals surface area contributed by atoms with Crippen molar-refractivity contribution in [3.63, 3.8) is 0 Å². The van der Waals surface area contributed by atoms with Crippen molar-refractivity contribution in [2.75, 3.05) is 5.32 Å². The summed E-state index contributed by atoms with van der Waals surface area (Å²) in [6.07, 6.45) is 0. The maximum Gasteiger partial charge on any atom is 0.285 e. The second-order valence-corrected chi connectivity index (χ2v) is 5.06. The van der Waals surface area contributed by atoms with E-state index in [2.05, 4.69) is 5.32 Å². The monoisotopic (exact) mass is 284 g/mol. The predicted octanol–water partition coefficient (Wildman–Crippen LogP) is 3.77. The zero-order chi connectivity index (χ0) is 15.6. The average molecular weight is 284 g/mol. The fourth-order valence-electron chi connectivity index (χ4n) is 2.33. The quantitative estimate of drug-likeness (QED) is 0.688. The van der Waals surface area contributed by atoms with E-state index in [-0.39, 0.29) is 11.3 Å². The number of nitrogens with zero attached hydrogens (tertiary/aromatic N) is 1. The molecule has 2 aromatic rings. The van der Waals surface area contributed by atoms with Crippen LogP contribution in [-0.4, -0.2) is 10.8 Å². The number of benzene rings is 2. The van der Waals surface area contributed by atoms with Gasteiger partial charge in [-0.05, 0) is 50.1 Å². The van der Waals surface area contributed by atoms with Crippen molar-refractivity contribution in [1.29, 1.82) is 0 Å². The summed E-state index contributed by atoms with van der Waals surface area (Å²) in [5.41, 5.74) is 3.05. The molecule has 108 valence electrons.